The van der Waals surface area contributed by atoms with E-state index in [0.29, 0.717) is 37.4 Å². The number of aromatic nitrogens is 1. The van der Waals surface area contributed by atoms with Crippen molar-refractivity contribution in [2.75, 3.05) is 19.7 Å². The molecule has 0 saturated heterocycles. The fraction of sp³-hybridized carbons (Fsp3) is 0.500. The number of carbonyl (C=O) groups is 1. The molecule has 0 bridgehead atoms. The van der Waals surface area contributed by atoms with Crippen LogP contribution in [-0.4, -0.2) is 41.5 Å². The van der Waals surface area contributed by atoms with Gasteiger partial charge in [-0.1, -0.05) is 32.0 Å². The van der Waals surface area contributed by atoms with Crippen molar-refractivity contribution in [3.63, 3.8) is 0 Å². The second-order valence-electron chi connectivity index (χ2n) is 9.13. The minimum absolute atomic E-state index is 0.0220. The van der Waals surface area contributed by atoms with Crippen LogP contribution in [0.1, 0.15) is 45.1 Å². The number of carbonyl (C=O) groups excluding carboxylic acids is 1. The van der Waals surface area contributed by atoms with Crippen LogP contribution in [0.3, 0.4) is 0 Å². The third-order valence-electron chi connectivity index (χ3n) is 5.56. The van der Waals surface area contributed by atoms with Gasteiger partial charge in [0.05, 0.1) is 13.2 Å². The Morgan fingerprint density at radius 1 is 1.20 bits per heavy atom. The van der Waals surface area contributed by atoms with E-state index in [4.69, 9.17) is 9.47 Å². The smallest absolute Gasteiger partial charge is 0.234 e. The predicted molar refractivity (Wildman–Crippen MR) is 116 cm³/mol. The SMILES string of the molecule is CC1(C)CCCN(CC(=O)NC2CC2)Cc2cccnc2Oc2ccccc2OC1. The molecule has 0 spiro atoms. The molecule has 0 unspecified atom stereocenters. The molecule has 30 heavy (non-hydrogen) atoms. The Labute approximate surface area is 178 Å². The van der Waals surface area contributed by atoms with Gasteiger partial charge < -0.3 is 14.8 Å². The highest BCUT2D eigenvalue weighted by molar-refractivity contribution is 5.78. The molecule has 2 aromatic rings. The van der Waals surface area contributed by atoms with Crippen molar-refractivity contribution in [3.8, 4) is 17.4 Å². The molecular weight excluding hydrogens is 378 g/mol. The molecule has 1 amide bonds. The van der Waals surface area contributed by atoms with E-state index >= 15 is 0 Å². The van der Waals surface area contributed by atoms with Crippen LogP contribution in [0.15, 0.2) is 42.6 Å². The van der Waals surface area contributed by atoms with Gasteiger partial charge in [0, 0.05) is 24.3 Å². The van der Waals surface area contributed by atoms with Gasteiger partial charge in [-0.25, -0.2) is 4.98 Å². The molecule has 160 valence electrons. The lowest BCUT2D eigenvalue weighted by Gasteiger charge is -2.27. The molecule has 1 saturated carbocycles. The van der Waals surface area contributed by atoms with Crippen LogP contribution in [0, 0.1) is 5.41 Å². The van der Waals surface area contributed by atoms with Gasteiger partial charge >= 0.3 is 0 Å². The highest BCUT2D eigenvalue weighted by Crippen LogP contribution is 2.34. The number of para-hydroxylation sites is 2. The van der Waals surface area contributed by atoms with Gasteiger partial charge in [-0.05, 0) is 55.8 Å². The van der Waals surface area contributed by atoms with E-state index in [1.165, 1.54) is 0 Å². The van der Waals surface area contributed by atoms with Gasteiger partial charge in [-0.15, -0.1) is 0 Å². The number of rotatable bonds is 3. The first-order valence-corrected chi connectivity index (χ1v) is 10.8. The molecule has 4 rings (SSSR count). The van der Waals surface area contributed by atoms with Gasteiger partial charge in [0.25, 0.3) is 0 Å². The molecule has 1 aliphatic carbocycles. The first-order valence-electron chi connectivity index (χ1n) is 10.8. The van der Waals surface area contributed by atoms with Gasteiger partial charge in [-0.3, -0.25) is 9.69 Å². The average molecular weight is 410 g/mol. The lowest BCUT2D eigenvalue weighted by atomic mass is 9.88. The first-order chi connectivity index (χ1) is 14.5. The Hall–Kier alpha value is -2.60. The first kappa shape index (κ1) is 20.7. The van der Waals surface area contributed by atoms with Gasteiger partial charge in [-0.2, -0.15) is 0 Å². The molecule has 1 aliphatic heterocycles. The second-order valence-corrected chi connectivity index (χ2v) is 9.13. The number of nitrogens with zero attached hydrogens (tertiary/aromatic N) is 2. The summed E-state index contributed by atoms with van der Waals surface area (Å²) in [5, 5.41) is 3.10. The summed E-state index contributed by atoms with van der Waals surface area (Å²) < 4.78 is 12.3. The Morgan fingerprint density at radius 2 is 2.00 bits per heavy atom. The largest absolute Gasteiger partial charge is 0.489 e. The van der Waals surface area contributed by atoms with Crippen molar-refractivity contribution in [1.82, 2.24) is 15.2 Å². The fourth-order valence-corrected chi connectivity index (χ4v) is 3.68. The summed E-state index contributed by atoms with van der Waals surface area (Å²) in [6.07, 6.45) is 5.93. The molecule has 1 aromatic carbocycles. The normalized spacial score (nSPS) is 19.5. The zero-order valence-corrected chi connectivity index (χ0v) is 17.9. The van der Waals surface area contributed by atoms with E-state index in [9.17, 15) is 4.79 Å². The molecule has 2 heterocycles. The maximum Gasteiger partial charge on any atom is 0.234 e. The minimum Gasteiger partial charge on any atom is -0.489 e. The molecule has 2 aliphatic rings. The van der Waals surface area contributed by atoms with Crippen LogP contribution in [0.4, 0.5) is 0 Å². The van der Waals surface area contributed by atoms with Crippen LogP contribution in [0.25, 0.3) is 0 Å². The summed E-state index contributed by atoms with van der Waals surface area (Å²) >= 11 is 0. The Morgan fingerprint density at radius 3 is 2.80 bits per heavy atom. The maximum absolute atomic E-state index is 12.5. The van der Waals surface area contributed by atoms with Crippen molar-refractivity contribution in [2.45, 2.75) is 52.1 Å². The van der Waals surface area contributed by atoms with Gasteiger partial charge in [0.15, 0.2) is 11.5 Å². The summed E-state index contributed by atoms with van der Waals surface area (Å²) in [5.74, 6) is 2.04. The number of pyridine rings is 1. The average Bonchev–Trinajstić information content (AvgIpc) is 3.52. The zero-order chi connectivity index (χ0) is 21.0. The summed E-state index contributed by atoms with van der Waals surface area (Å²) in [7, 11) is 0. The Balaban J connectivity index is 1.59. The van der Waals surface area contributed by atoms with E-state index in [-0.39, 0.29) is 11.3 Å². The lowest BCUT2D eigenvalue weighted by molar-refractivity contribution is -0.122. The molecule has 0 atom stereocenters. The number of nitrogens with one attached hydrogen (secondary N) is 1. The lowest BCUT2D eigenvalue weighted by Crippen LogP contribution is -2.38. The van der Waals surface area contributed by atoms with Crippen molar-refractivity contribution < 1.29 is 14.3 Å². The maximum atomic E-state index is 12.5. The number of hydrogen-bond donors (Lipinski definition) is 1. The molecule has 6 heteroatoms. The van der Waals surface area contributed by atoms with Crippen LogP contribution in [-0.2, 0) is 11.3 Å². The number of benzene rings is 1. The molecular formula is C24H31N3O3. The highest BCUT2D eigenvalue weighted by atomic mass is 16.5. The van der Waals surface area contributed by atoms with Crippen molar-refractivity contribution in [1.29, 1.82) is 0 Å². The van der Waals surface area contributed by atoms with Crippen LogP contribution >= 0.6 is 0 Å². The Kier molecular flexibility index (Phi) is 6.23. The molecule has 1 fully saturated rings. The van der Waals surface area contributed by atoms with E-state index in [1.54, 1.807) is 6.20 Å². The van der Waals surface area contributed by atoms with E-state index in [0.717, 1.165) is 43.5 Å². The van der Waals surface area contributed by atoms with E-state index in [2.05, 4.69) is 29.0 Å². The molecule has 0 radical (unpaired) electrons. The summed E-state index contributed by atoms with van der Waals surface area (Å²) in [5.41, 5.74) is 0.985. The molecule has 6 nitrogen and oxygen atoms in total. The fourth-order valence-electron chi connectivity index (χ4n) is 3.68. The van der Waals surface area contributed by atoms with Crippen molar-refractivity contribution >= 4 is 5.91 Å². The topological polar surface area (TPSA) is 63.7 Å². The van der Waals surface area contributed by atoms with E-state index < -0.39 is 0 Å². The third kappa shape index (κ3) is 5.72. The number of fused-ring (bicyclic) bond motifs is 2. The highest BCUT2D eigenvalue weighted by Gasteiger charge is 2.26. The number of hydrogen-bond acceptors (Lipinski definition) is 5. The van der Waals surface area contributed by atoms with Gasteiger partial charge in [0.1, 0.15) is 0 Å². The van der Waals surface area contributed by atoms with Crippen LogP contribution in [0.5, 0.6) is 17.4 Å². The minimum atomic E-state index is 0.0220. The molecule has 1 aromatic heterocycles. The number of ether oxygens (including phenoxy) is 2. The monoisotopic (exact) mass is 409 g/mol. The predicted octanol–water partition coefficient (Wildman–Crippen LogP) is 4.15. The third-order valence-corrected chi connectivity index (χ3v) is 5.56. The van der Waals surface area contributed by atoms with E-state index in [1.807, 2.05) is 36.4 Å². The summed E-state index contributed by atoms with van der Waals surface area (Å²) in [6.45, 7) is 6.88. The van der Waals surface area contributed by atoms with Gasteiger partial charge in [0.2, 0.25) is 11.8 Å². The quantitative estimate of drug-likeness (QED) is 0.825. The van der Waals surface area contributed by atoms with Crippen LogP contribution < -0.4 is 14.8 Å². The van der Waals surface area contributed by atoms with Crippen molar-refractivity contribution in [2.24, 2.45) is 5.41 Å². The Bertz CT molecular complexity index is 880. The summed E-state index contributed by atoms with van der Waals surface area (Å²) in [6, 6.07) is 12.0. The standard InChI is InChI=1S/C24H31N3O3/c1-24(2)12-6-14-27(16-22(28)26-19-10-11-19)15-18-7-5-13-25-23(18)30-21-9-4-3-8-20(21)29-17-24/h3-5,7-9,13,19H,6,10-12,14-17H2,1-2H3,(H,26,28). The summed E-state index contributed by atoms with van der Waals surface area (Å²) in [4.78, 5) is 19.1. The zero-order valence-electron chi connectivity index (χ0n) is 17.9. The van der Waals surface area contributed by atoms with Crippen LogP contribution in [0.2, 0.25) is 0 Å². The van der Waals surface area contributed by atoms with Crippen molar-refractivity contribution in [3.05, 3.63) is 48.2 Å². The number of amides is 1. The second kappa shape index (κ2) is 9.04. The molecule has 1 N–H and O–H groups in total.